The molecule has 0 aliphatic heterocycles. The van der Waals surface area contributed by atoms with Crippen LogP contribution in [0.4, 0.5) is 0 Å². The minimum absolute atomic E-state index is 0.0180. The lowest BCUT2D eigenvalue weighted by Crippen LogP contribution is -2.22. The van der Waals surface area contributed by atoms with Crippen LogP contribution >= 0.6 is 0 Å². The second-order valence-electron chi connectivity index (χ2n) is 6.78. The molecule has 0 aliphatic rings. The summed E-state index contributed by atoms with van der Waals surface area (Å²) in [4.78, 5) is 0. The van der Waals surface area contributed by atoms with Gasteiger partial charge in [0.1, 0.15) is 5.75 Å². The Kier molecular flexibility index (Phi) is 7.08. The Labute approximate surface area is 193 Å². The van der Waals surface area contributed by atoms with Crippen LogP contribution < -0.4 is 5.32 Å². The normalized spacial score (nSPS) is 19.6. The van der Waals surface area contributed by atoms with Gasteiger partial charge in [0.2, 0.25) is 0 Å². The van der Waals surface area contributed by atoms with Crippen molar-refractivity contribution >= 4 is 0 Å². The molecule has 0 amide bonds. The van der Waals surface area contributed by atoms with E-state index >= 15 is 0 Å². The zero-order chi connectivity index (χ0) is 29.5. The maximum atomic E-state index is 10.6. The highest BCUT2D eigenvalue weighted by Gasteiger charge is 2.09. The smallest absolute Gasteiger partial charge is 0.121 e. The fourth-order valence-electron chi connectivity index (χ4n) is 2.74. The van der Waals surface area contributed by atoms with Crippen molar-refractivity contribution in [3.05, 3.63) is 65.2 Å². The van der Waals surface area contributed by atoms with Gasteiger partial charge in [0.15, 0.2) is 0 Å². The zero-order valence-electron chi connectivity index (χ0n) is 26.0. The monoisotopic (exact) mass is 424 g/mol. The first-order chi connectivity index (χ1) is 17.9. The van der Waals surface area contributed by atoms with E-state index in [1.165, 1.54) is 0 Å². The summed E-state index contributed by atoms with van der Waals surface area (Å²) < 4.78 is 76.3. The predicted molar refractivity (Wildman–Crippen MR) is 121 cm³/mol. The Morgan fingerprint density at radius 3 is 2.47 bits per heavy atom. The molecular weight excluding hydrogens is 378 g/mol. The lowest BCUT2D eigenvalue weighted by Gasteiger charge is -2.14. The molecule has 30 heavy (non-hydrogen) atoms. The van der Waals surface area contributed by atoms with Gasteiger partial charge in [0.05, 0.1) is 22.2 Å². The van der Waals surface area contributed by atoms with Crippen LogP contribution in [-0.2, 0) is 17.7 Å². The van der Waals surface area contributed by atoms with Gasteiger partial charge in [0, 0.05) is 27.9 Å². The van der Waals surface area contributed by atoms with Crippen molar-refractivity contribution in [3.63, 3.8) is 0 Å². The molecule has 0 saturated carbocycles. The molecule has 2 aromatic carbocycles. The molecule has 0 fully saturated rings. The van der Waals surface area contributed by atoms with Gasteiger partial charge in [-0.3, -0.25) is 0 Å². The van der Waals surface area contributed by atoms with E-state index in [1.807, 2.05) is 30.3 Å². The summed E-state index contributed by atoms with van der Waals surface area (Å²) in [6.45, 7) is -9.96. The first-order valence-electron chi connectivity index (χ1n) is 14.6. The number of phenols is 1. The third-order valence-electron chi connectivity index (χ3n) is 4.41. The topological polar surface area (TPSA) is 82.0 Å². The van der Waals surface area contributed by atoms with Gasteiger partial charge in [-0.2, -0.15) is 0 Å². The Hall–Kier alpha value is -1.92. The predicted octanol–water partition coefficient (Wildman–Crippen LogP) is 4.11. The molecule has 0 heterocycles. The molecule has 2 aromatic rings. The molecule has 1 atom stereocenters. The number of ether oxygens (including phenoxy) is 1. The zero-order valence-corrected chi connectivity index (χ0v) is 17.0. The quantitative estimate of drug-likeness (QED) is 0.305. The summed E-state index contributed by atoms with van der Waals surface area (Å²) in [7, 11) is 0. The van der Waals surface area contributed by atoms with Crippen LogP contribution in [0.1, 0.15) is 73.6 Å². The van der Waals surface area contributed by atoms with Gasteiger partial charge in [-0.05, 0) is 61.9 Å². The molecule has 0 saturated heterocycles. The molecule has 0 aromatic heterocycles. The van der Waals surface area contributed by atoms with Crippen LogP contribution in [0.2, 0.25) is 0 Å². The molecule has 0 radical (unpaired) electrons. The van der Waals surface area contributed by atoms with Crippen molar-refractivity contribution < 1.29 is 32.4 Å². The second kappa shape index (κ2) is 15.0. The highest BCUT2D eigenvalue weighted by atomic mass is 16.5. The molecular formula is C25H37NO4. The van der Waals surface area contributed by atoms with Gasteiger partial charge < -0.3 is 25.4 Å². The van der Waals surface area contributed by atoms with E-state index in [-0.39, 0.29) is 24.9 Å². The Morgan fingerprint density at radius 1 is 0.967 bits per heavy atom. The minimum Gasteiger partial charge on any atom is -0.508 e. The average Bonchev–Trinajstić information content (AvgIpc) is 2.80. The number of aliphatic hydroxyl groups is 2. The summed E-state index contributed by atoms with van der Waals surface area (Å²) in [6, 6.07) is 12.4. The van der Waals surface area contributed by atoms with Crippen molar-refractivity contribution in [1.29, 1.82) is 0 Å². The third-order valence-corrected chi connectivity index (χ3v) is 4.41. The van der Waals surface area contributed by atoms with Crippen molar-refractivity contribution in [3.8, 4) is 5.75 Å². The highest BCUT2D eigenvalue weighted by molar-refractivity contribution is 5.36. The number of aromatic hydroxyl groups is 1. The van der Waals surface area contributed by atoms with Crippen LogP contribution in [0.5, 0.6) is 5.75 Å². The molecule has 5 heteroatoms. The molecule has 4 N–H and O–H groups in total. The van der Waals surface area contributed by atoms with E-state index in [2.05, 4.69) is 5.32 Å². The number of hydrogen-bond donors (Lipinski definition) is 4. The maximum Gasteiger partial charge on any atom is 0.121 e. The van der Waals surface area contributed by atoms with Crippen LogP contribution in [0.3, 0.4) is 0 Å². The minimum atomic E-state index is -2.97. The summed E-state index contributed by atoms with van der Waals surface area (Å²) >= 11 is 0. The van der Waals surface area contributed by atoms with Crippen molar-refractivity contribution in [2.45, 2.75) is 57.6 Å². The lowest BCUT2D eigenvalue weighted by molar-refractivity contribution is 0.126. The van der Waals surface area contributed by atoms with Gasteiger partial charge in [-0.25, -0.2) is 0 Å². The molecule has 1 unspecified atom stereocenters. The number of nitrogens with one attached hydrogen (secondary N) is 1. The van der Waals surface area contributed by atoms with Gasteiger partial charge >= 0.3 is 0 Å². The summed E-state index contributed by atoms with van der Waals surface area (Å²) in [5.74, 6) is -0.611. The molecule has 5 nitrogen and oxygen atoms in total. The van der Waals surface area contributed by atoms with Crippen LogP contribution in [0, 0.1) is 0 Å². The van der Waals surface area contributed by atoms with Crippen LogP contribution in [-0.4, -0.2) is 41.5 Å². The van der Waals surface area contributed by atoms with E-state index in [4.69, 9.17) is 17.1 Å². The van der Waals surface area contributed by atoms with Crippen LogP contribution in [0.15, 0.2) is 48.5 Å². The molecule has 0 spiro atoms. The van der Waals surface area contributed by atoms with E-state index in [0.29, 0.717) is 32.1 Å². The summed E-state index contributed by atoms with van der Waals surface area (Å²) in [5.41, 5.74) is 0.0755. The molecule has 0 aliphatic carbocycles. The van der Waals surface area contributed by atoms with E-state index < -0.39 is 43.6 Å². The Bertz CT molecular complexity index is 1050. The first-order valence-corrected chi connectivity index (χ1v) is 10.1. The number of hydrogen-bond acceptors (Lipinski definition) is 5. The SMILES string of the molecule is [2H]C([2H])(CCCCCNC([2H])([2H])C([2H])(O)c1ccc(O)c(C([2H])([2H])O)c1)OC([2H])([2H])CCCc1ccccc1. The van der Waals surface area contributed by atoms with E-state index in [0.717, 1.165) is 23.8 Å². The fourth-order valence-corrected chi connectivity index (χ4v) is 2.74. The summed E-state index contributed by atoms with van der Waals surface area (Å²) in [5, 5.41) is 32.3. The number of benzene rings is 2. The largest absolute Gasteiger partial charge is 0.508 e. The molecule has 2 rings (SSSR count). The van der Waals surface area contributed by atoms with Crippen molar-refractivity contribution in [2.24, 2.45) is 0 Å². The van der Waals surface area contributed by atoms with Gasteiger partial charge in [0.25, 0.3) is 0 Å². The number of aryl methyl sites for hydroxylation is 1. The lowest BCUT2D eigenvalue weighted by atomic mass is 10.1. The maximum absolute atomic E-state index is 10.6. The molecule has 0 bridgehead atoms. The van der Waals surface area contributed by atoms with E-state index in [9.17, 15) is 15.3 Å². The Balaban J connectivity index is 1.78. The van der Waals surface area contributed by atoms with Crippen LogP contribution in [0.25, 0.3) is 0 Å². The number of rotatable bonds is 16. The standard InChI is InChI=1S/C25H37NO4/c27-20-23-18-22(13-14-24(23)28)25(29)19-26-15-7-1-2-8-16-30-17-9-6-12-21-10-4-3-5-11-21/h3-5,10-11,13-14,18,25-29H,1-2,6-9,12,15-17,19-20H2/i16D2,17D2,19D2,20D2,25D. The fraction of sp³-hybridized carbons (Fsp3) is 0.520. The molecule has 166 valence electrons. The number of unbranched alkanes of at least 4 members (excludes halogenated alkanes) is 2. The van der Waals surface area contributed by atoms with Crippen molar-refractivity contribution in [2.75, 3.05) is 26.2 Å². The van der Waals surface area contributed by atoms with Crippen molar-refractivity contribution in [1.82, 2.24) is 5.32 Å². The second-order valence-corrected chi connectivity index (χ2v) is 6.78. The first kappa shape index (κ1) is 14.2. The van der Waals surface area contributed by atoms with Gasteiger partial charge in [-0.15, -0.1) is 0 Å². The summed E-state index contributed by atoms with van der Waals surface area (Å²) in [6.07, 6.45) is -0.633. The highest BCUT2D eigenvalue weighted by Crippen LogP contribution is 2.22. The van der Waals surface area contributed by atoms with E-state index in [1.54, 1.807) is 0 Å². The van der Waals surface area contributed by atoms with Gasteiger partial charge in [-0.1, -0.05) is 49.2 Å². The average molecular weight is 425 g/mol. The third kappa shape index (κ3) is 9.72. The Morgan fingerprint density at radius 2 is 1.70 bits per heavy atom.